The molecule has 2 heterocycles. The zero-order valence-corrected chi connectivity index (χ0v) is 18.9. The number of likely N-dealkylation sites (tertiary alicyclic amines) is 1. The third-order valence-corrected chi connectivity index (χ3v) is 6.28. The molecule has 0 bridgehead atoms. The van der Waals surface area contributed by atoms with Gasteiger partial charge in [-0.1, -0.05) is 58.2 Å². The molecule has 1 aliphatic rings. The van der Waals surface area contributed by atoms with E-state index in [0.29, 0.717) is 45.4 Å². The van der Waals surface area contributed by atoms with Crippen molar-refractivity contribution in [2.24, 2.45) is 5.92 Å². The summed E-state index contributed by atoms with van der Waals surface area (Å²) < 4.78 is 5.39. The van der Waals surface area contributed by atoms with E-state index in [-0.39, 0.29) is 11.8 Å². The van der Waals surface area contributed by atoms with Crippen LogP contribution in [0.3, 0.4) is 0 Å². The number of piperidine rings is 1. The van der Waals surface area contributed by atoms with E-state index in [2.05, 4.69) is 20.4 Å². The molecule has 0 spiro atoms. The fourth-order valence-corrected chi connectivity index (χ4v) is 4.31. The van der Waals surface area contributed by atoms with Gasteiger partial charge >= 0.3 is 0 Å². The number of carbonyl (C=O) groups is 1. The Kier molecular flexibility index (Phi) is 7.13. The molecule has 1 aromatic heterocycles. The van der Waals surface area contributed by atoms with Gasteiger partial charge in [0.1, 0.15) is 0 Å². The second-order valence-corrected chi connectivity index (χ2v) is 8.75. The van der Waals surface area contributed by atoms with Crippen molar-refractivity contribution >= 4 is 40.7 Å². The zero-order valence-electron chi connectivity index (χ0n) is 16.7. The Hall–Kier alpha value is -2.12. The molecule has 1 fully saturated rings. The largest absolute Gasteiger partial charge is 0.352 e. The molecule has 1 amide bonds. The molecule has 0 unspecified atom stereocenters. The van der Waals surface area contributed by atoms with Gasteiger partial charge in [-0.2, -0.15) is 4.98 Å². The number of nitrogens with zero attached hydrogens (tertiary/aromatic N) is 3. The van der Waals surface area contributed by atoms with Crippen LogP contribution in [0, 0.1) is 5.92 Å². The minimum atomic E-state index is -0.00939. The number of halogens is 3. The Bertz CT molecular complexity index is 1060. The van der Waals surface area contributed by atoms with Crippen LogP contribution in [0.2, 0.25) is 15.1 Å². The molecule has 9 heteroatoms. The molecule has 2 aromatic carbocycles. The van der Waals surface area contributed by atoms with Crippen LogP contribution in [0.1, 0.15) is 24.3 Å². The number of hydrogen-bond acceptors (Lipinski definition) is 5. The Morgan fingerprint density at radius 1 is 1.10 bits per heavy atom. The predicted molar refractivity (Wildman–Crippen MR) is 121 cm³/mol. The number of nitrogens with one attached hydrogen (secondary N) is 1. The molecule has 3 aromatic rings. The van der Waals surface area contributed by atoms with Gasteiger partial charge in [0.05, 0.1) is 11.6 Å². The predicted octanol–water partition coefficient (Wildman–Crippen LogP) is 5.23. The fraction of sp³-hybridized carbons (Fsp3) is 0.318. The summed E-state index contributed by atoms with van der Waals surface area (Å²) in [4.78, 5) is 19.2. The molecule has 0 atom stereocenters. The average molecular weight is 480 g/mol. The zero-order chi connectivity index (χ0) is 21.8. The molecule has 1 N–H and O–H groups in total. The van der Waals surface area contributed by atoms with Crippen LogP contribution < -0.4 is 5.32 Å². The standard InChI is InChI=1S/C22H21Cl3N4O2/c23-16-5-6-17(19(25)11-16)21-27-20(31-28-21)13-29-9-7-14(8-10-29)22(30)26-12-15-3-1-2-4-18(15)24/h1-6,11,14H,7-10,12-13H2,(H,26,30). The summed E-state index contributed by atoms with van der Waals surface area (Å²) >= 11 is 18.3. The molecule has 0 saturated carbocycles. The molecule has 1 aliphatic heterocycles. The Labute approximate surface area is 195 Å². The van der Waals surface area contributed by atoms with Gasteiger partial charge in [-0.25, -0.2) is 0 Å². The number of amides is 1. The van der Waals surface area contributed by atoms with Gasteiger partial charge in [0, 0.05) is 28.1 Å². The maximum absolute atomic E-state index is 12.5. The summed E-state index contributed by atoms with van der Waals surface area (Å²) in [6, 6.07) is 12.7. The molecule has 31 heavy (non-hydrogen) atoms. The maximum Gasteiger partial charge on any atom is 0.241 e. The van der Waals surface area contributed by atoms with Crippen LogP contribution in [0.5, 0.6) is 0 Å². The Morgan fingerprint density at radius 3 is 2.61 bits per heavy atom. The maximum atomic E-state index is 12.5. The lowest BCUT2D eigenvalue weighted by molar-refractivity contribution is -0.126. The van der Waals surface area contributed by atoms with E-state index in [9.17, 15) is 4.79 Å². The highest BCUT2D eigenvalue weighted by Crippen LogP contribution is 2.29. The summed E-state index contributed by atoms with van der Waals surface area (Å²) in [6.45, 7) is 2.54. The number of carbonyl (C=O) groups excluding carboxylic acids is 1. The minimum absolute atomic E-state index is 0.00939. The second-order valence-electron chi connectivity index (χ2n) is 7.50. The van der Waals surface area contributed by atoms with E-state index in [0.717, 1.165) is 31.5 Å². The van der Waals surface area contributed by atoms with E-state index >= 15 is 0 Å². The Morgan fingerprint density at radius 2 is 1.87 bits per heavy atom. The summed E-state index contributed by atoms with van der Waals surface area (Å²) in [5.74, 6) is 1.01. The molecule has 162 valence electrons. The highest BCUT2D eigenvalue weighted by molar-refractivity contribution is 6.36. The summed E-state index contributed by atoms with van der Waals surface area (Å²) in [5, 5.41) is 8.72. The van der Waals surface area contributed by atoms with Gasteiger partial charge in [-0.3, -0.25) is 9.69 Å². The normalized spacial score (nSPS) is 15.2. The third-order valence-electron chi connectivity index (χ3n) is 5.37. The van der Waals surface area contributed by atoms with Gasteiger partial charge < -0.3 is 9.84 Å². The van der Waals surface area contributed by atoms with Crippen LogP contribution in [0.4, 0.5) is 0 Å². The van der Waals surface area contributed by atoms with E-state index in [1.54, 1.807) is 18.2 Å². The quantitative estimate of drug-likeness (QED) is 0.524. The summed E-state index contributed by atoms with van der Waals surface area (Å²) in [5.41, 5.74) is 1.60. The van der Waals surface area contributed by atoms with Crippen molar-refractivity contribution in [3.05, 3.63) is 69.0 Å². The fourth-order valence-electron chi connectivity index (χ4n) is 3.61. The van der Waals surface area contributed by atoms with Gasteiger partial charge in [-0.15, -0.1) is 0 Å². The topological polar surface area (TPSA) is 71.3 Å². The highest BCUT2D eigenvalue weighted by Gasteiger charge is 2.26. The van der Waals surface area contributed by atoms with Crippen LogP contribution in [-0.2, 0) is 17.9 Å². The average Bonchev–Trinajstić information content (AvgIpc) is 3.21. The van der Waals surface area contributed by atoms with Crippen LogP contribution in [0.25, 0.3) is 11.4 Å². The summed E-state index contributed by atoms with van der Waals surface area (Å²) in [6.07, 6.45) is 1.55. The molecular formula is C22H21Cl3N4O2. The first-order chi connectivity index (χ1) is 15.0. The molecule has 0 radical (unpaired) electrons. The van der Waals surface area contributed by atoms with Crippen molar-refractivity contribution in [3.8, 4) is 11.4 Å². The number of rotatable bonds is 6. The number of aromatic nitrogens is 2. The van der Waals surface area contributed by atoms with Crippen molar-refractivity contribution < 1.29 is 9.32 Å². The first kappa shape index (κ1) is 22.1. The van der Waals surface area contributed by atoms with E-state index in [1.165, 1.54) is 0 Å². The molecule has 0 aliphatic carbocycles. The molecule has 6 nitrogen and oxygen atoms in total. The van der Waals surface area contributed by atoms with Crippen molar-refractivity contribution in [1.29, 1.82) is 0 Å². The van der Waals surface area contributed by atoms with Crippen molar-refractivity contribution in [2.45, 2.75) is 25.9 Å². The van der Waals surface area contributed by atoms with E-state index < -0.39 is 0 Å². The number of benzene rings is 2. The molecular weight excluding hydrogens is 459 g/mol. The van der Waals surface area contributed by atoms with Crippen molar-refractivity contribution in [2.75, 3.05) is 13.1 Å². The van der Waals surface area contributed by atoms with Gasteiger partial charge in [0.25, 0.3) is 0 Å². The van der Waals surface area contributed by atoms with Gasteiger partial charge in [0.2, 0.25) is 17.6 Å². The lowest BCUT2D eigenvalue weighted by Gasteiger charge is -2.30. The minimum Gasteiger partial charge on any atom is -0.352 e. The monoisotopic (exact) mass is 478 g/mol. The third kappa shape index (κ3) is 5.57. The molecule has 1 saturated heterocycles. The lowest BCUT2D eigenvalue weighted by Crippen LogP contribution is -2.40. The first-order valence-corrected chi connectivity index (χ1v) is 11.1. The van der Waals surface area contributed by atoms with Crippen molar-refractivity contribution in [1.82, 2.24) is 20.4 Å². The van der Waals surface area contributed by atoms with E-state index in [4.69, 9.17) is 39.3 Å². The van der Waals surface area contributed by atoms with E-state index in [1.807, 2.05) is 24.3 Å². The Balaban J connectivity index is 1.27. The van der Waals surface area contributed by atoms with Crippen molar-refractivity contribution in [3.63, 3.8) is 0 Å². The lowest BCUT2D eigenvalue weighted by atomic mass is 9.96. The second kappa shape index (κ2) is 10.0. The van der Waals surface area contributed by atoms with Crippen LogP contribution >= 0.6 is 34.8 Å². The van der Waals surface area contributed by atoms with Crippen LogP contribution in [-0.4, -0.2) is 34.0 Å². The molecule has 4 rings (SSSR count). The summed E-state index contributed by atoms with van der Waals surface area (Å²) in [7, 11) is 0. The van der Waals surface area contributed by atoms with Crippen LogP contribution in [0.15, 0.2) is 47.0 Å². The van der Waals surface area contributed by atoms with Gasteiger partial charge in [-0.05, 0) is 55.8 Å². The SMILES string of the molecule is O=C(NCc1ccccc1Cl)C1CCN(Cc2nc(-c3ccc(Cl)cc3Cl)no2)CC1. The smallest absolute Gasteiger partial charge is 0.241 e. The first-order valence-electron chi connectivity index (χ1n) is 10.0. The highest BCUT2D eigenvalue weighted by atomic mass is 35.5. The number of hydrogen-bond donors (Lipinski definition) is 1. The van der Waals surface area contributed by atoms with Gasteiger partial charge in [0.15, 0.2) is 0 Å².